The van der Waals surface area contributed by atoms with Crippen LogP contribution < -0.4 is 10.5 Å². The standard InChI is InChI=1S/C10H12F2N2O/c1-15-8-3-2-7(4-14-8)9(13)5-10(11,12)6-9/h2-4H,5-6,13H2,1H3. The molecule has 1 saturated carbocycles. The van der Waals surface area contributed by atoms with Crippen molar-refractivity contribution in [2.45, 2.75) is 24.3 Å². The van der Waals surface area contributed by atoms with Gasteiger partial charge in [-0.25, -0.2) is 13.8 Å². The minimum absolute atomic E-state index is 0.311. The Morgan fingerprint density at radius 1 is 1.40 bits per heavy atom. The van der Waals surface area contributed by atoms with Gasteiger partial charge in [0.05, 0.1) is 12.6 Å². The Morgan fingerprint density at radius 3 is 2.47 bits per heavy atom. The molecule has 2 rings (SSSR count). The van der Waals surface area contributed by atoms with Crippen molar-refractivity contribution in [3.05, 3.63) is 23.9 Å². The van der Waals surface area contributed by atoms with Gasteiger partial charge >= 0.3 is 0 Å². The highest BCUT2D eigenvalue weighted by Crippen LogP contribution is 2.49. The Kier molecular flexibility index (Phi) is 2.15. The normalized spacial score (nSPS) is 21.9. The summed E-state index contributed by atoms with van der Waals surface area (Å²) in [5.74, 6) is -2.18. The van der Waals surface area contributed by atoms with E-state index in [4.69, 9.17) is 10.5 Å². The third-order valence-electron chi connectivity index (χ3n) is 2.67. The van der Waals surface area contributed by atoms with Gasteiger partial charge in [0.25, 0.3) is 5.92 Å². The Hall–Kier alpha value is -1.23. The van der Waals surface area contributed by atoms with Crippen LogP contribution in [0.2, 0.25) is 0 Å². The summed E-state index contributed by atoms with van der Waals surface area (Å²) in [6.45, 7) is 0. The lowest BCUT2D eigenvalue weighted by atomic mass is 9.70. The Labute approximate surface area is 86.3 Å². The van der Waals surface area contributed by atoms with Crippen LogP contribution in [0.5, 0.6) is 5.88 Å². The summed E-state index contributed by atoms with van der Waals surface area (Å²) >= 11 is 0. The number of methoxy groups -OCH3 is 1. The molecule has 0 bridgehead atoms. The molecule has 3 nitrogen and oxygen atoms in total. The highest BCUT2D eigenvalue weighted by atomic mass is 19.3. The van der Waals surface area contributed by atoms with E-state index in [2.05, 4.69) is 4.98 Å². The summed E-state index contributed by atoms with van der Waals surface area (Å²) in [6.07, 6.45) is 0.871. The number of nitrogens with zero attached hydrogens (tertiary/aromatic N) is 1. The molecule has 0 unspecified atom stereocenters. The van der Waals surface area contributed by atoms with Crippen LogP contribution in [0.15, 0.2) is 18.3 Å². The lowest BCUT2D eigenvalue weighted by Crippen LogP contribution is -2.55. The van der Waals surface area contributed by atoms with E-state index in [9.17, 15) is 8.78 Å². The molecule has 5 heteroatoms. The quantitative estimate of drug-likeness (QED) is 0.814. The van der Waals surface area contributed by atoms with Gasteiger partial charge < -0.3 is 10.5 Å². The monoisotopic (exact) mass is 214 g/mol. The number of halogens is 2. The highest BCUT2D eigenvalue weighted by Gasteiger charge is 2.55. The molecule has 0 saturated heterocycles. The number of rotatable bonds is 2. The van der Waals surface area contributed by atoms with Crippen molar-refractivity contribution in [1.82, 2.24) is 4.98 Å². The van der Waals surface area contributed by atoms with Crippen LogP contribution >= 0.6 is 0 Å². The SMILES string of the molecule is COc1ccc(C2(N)CC(F)(F)C2)cn1. The molecule has 1 aliphatic carbocycles. The lowest BCUT2D eigenvalue weighted by molar-refractivity contribution is -0.125. The van der Waals surface area contributed by atoms with Gasteiger partial charge in [-0.15, -0.1) is 0 Å². The molecule has 1 aliphatic rings. The molecular formula is C10H12F2N2O. The second-order valence-corrected chi connectivity index (χ2v) is 3.95. The second-order valence-electron chi connectivity index (χ2n) is 3.95. The fourth-order valence-electron chi connectivity index (χ4n) is 1.87. The van der Waals surface area contributed by atoms with E-state index in [1.54, 1.807) is 12.1 Å². The van der Waals surface area contributed by atoms with Gasteiger partial charge in [0, 0.05) is 25.1 Å². The fraction of sp³-hybridized carbons (Fsp3) is 0.500. The first kappa shape index (κ1) is 10.3. The number of nitrogens with two attached hydrogens (primary N) is 1. The van der Waals surface area contributed by atoms with E-state index < -0.39 is 11.5 Å². The maximum atomic E-state index is 12.7. The molecule has 0 spiro atoms. The van der Waals surface area contributed by atoms with E-state index in [0.717, 1.165) is 0 Å². The lowest BCUT2D eigenvalue weighted by Gasteiger charge is -2.44. The molecule has 0 atom stereocenters. The minimum Gasteiger partial charge on any atom is -0.481 e. The summed E-state index contributed by atoms with van der Waals surface area (Å²) in [5, 5.41) is 0. The number of hydrogen-bond acceptors (Lipinski definition) is 3. The van der Waals surface area contributed by atoms with Crippen LogP contribution in [0.3, 0.4) is 0 Å². The van der Waals surface area contributed by atoms with Gasteiger partial charge in [0.1, 0.15) is 0 Å². The van der Waals surface area contributed by atoms with E-state index in [1.807, 2.05) is 0 Å². The Bertz CT molecular complexity index is 356. The molecule has 0 aromatic carbocycles. The van der Waals surface area contributed by atoms with Gasteiger partial charge in [-0.1, -0.05) is 6.07 Å². The van der Waals surface area contributed by atoms with E-state index in [-0.39, 0.29) is 12.8 Å². The summed E-state index contributed by atoms with van der Waals surface area (Å²) < 4.78 is 30.4. The zero-order valence-electron chi connectivity index (χ0n) is 8.34. The number of ether oxygens (including phenoxy) is 1. The van der Waals surface area contributed by atoms with Crippen molar-refractivity contribution >= 4 is 0 Å². The van der Waals surface area contributed by atoms with Crippen LogP contribution in [-0.2, 0) is 5.54 Å². The van der Waals surface area contributed by atoms with Crippen molar-refractivity contribution in [2.75, 3.05) is 7.11 Å². The van der Waals surface area contributed by atoms with Crippen LogP contribution in [-0.4, -0.2) is 18.0 Å². The molecule has 0 aliphatic heterocycles. The van der Waals surface area contributed by atoms with Crippen LogP contribution in [0.1, 0.15) is 18.4 Å². The molecule has 1 fully saturated rings. The first-order valence-corrected chi connectivity index (χ1v) is 4.62. The summed E-state index contributed by atoms with van der Waals surface area (Å²) in [6, 6.07) is 3.31. The van der Waals surface area contributed by atoms with Gasteiger partial charge in [0.2, 0.25) is 5.88 Å². The van der Waals surface area contributed by atoms with Crippen LogP contribution in [0.4, 0.5) is 8.78 Å². The smallest absolute Gasteiger partial charge is 0.252 e. The molecule has 0 radical (unpaired) electrons. The van der Waals surface area contributed by atoms with Crippen LogP contribution in [0, 0.1) is 0 Å². The zero-order chi connectivity index (χ0) is 11.1. The molecule has 2 N–H and O–H groups in total. The third-order valence-corrected chi connectivity index (χ3v) is 2.67. The summed E-state index contributed by atoms with van der Waals surface area (Å²) in [7, 11) is 1.50. The molecular weight excluding hydrogens is 202 g/mol. The van der Waals surface area contributed by atoms with Crippen molar-refractivity contribution in [3.63, 3.8) is 0 Å². The Morgan fingerprint density at radius 2 is 2.07 bits per heavy atom. The van der Waals surface area contributed by atoms with E-state index in [0.29, 0.717) is 11.4 Å². The molecule has 1 aromatic heterocycles. The largest absolute Gasteiger partial charge is 0.481 e. The van der Waals surface area contributed by atoms with Gasteiger partial charge in [-0.2, -0.15) is 0 Å². The topological polar surface area (TPSA) is 48.1 Å². The van der Waals surface area contributed by atoms with Crippen molar-refractivity contribution in [1.29, 1.82) is 0 Å². The first-order valence-electron chi connectivity index (χ1n) is 4.62. The molecule has 82 valence electrons. The predicted molar refractivity (Wildman–Crippen MR) is 50.8 cm³/mol. The zero-order valence-corrected chi connectivity index (χ0v) is 8.34. The average molecular weight is 214 g/mol. The fourth-order valence-corrected chi connectivity index (χ4v) is 1.87. The van der Waals surface area contributed by atoms with Gasteiger partial charge in [-0.05, 0) is 5.56 Å². The molecule has 15 heavy (non-hydrogen) atoms. The first-order chi connectivity index (χ1) is 6.95. The maximum absolute atomic E-state index is 12.7. The van der Waals surface area contributed by atoms with Crippen LogP contribution in [0.25, 0.3) is 0 Å². The number of alkyl halides is 2. The van der Waals surface area contributed by atoms with Gasteiger partial charge in [0.15, 0.2) is 0 Å². The minimum atomic E-state index is -2.63. The Balaban J connectivity index is 2.17. The summed E-state index contributed by atoms with van der Waals surface area (Å²) in [4.78, 5) is 3.95. The third kappa shape index (κ3) is 1.79. The summed E-state index contributed by atoms with van der Waals surface area (Å²) in [5.41, 5.74) is 5.54. The van der Waals surface area contributed by atoms with Crippen molar-refractivity contribution in [2.24, 2.45) is 5.73 Å². The average Bonchev–Trinajstić information content (AvgIpc) is 2.15. The predicted octanol–water partition coefficient (Wildman–Crippen LogP) is 1.67. The van der Waals surface area contributed by atoms with Gasteiger partial charge in [-0.3, -0.25) is 0 Å². The van der Waals surface area contributed by atoms with Crippen molar-refractivity contribution in [3.8, 4) is 5.88 Å². The second kappa shape index (κ2) is 3.13. The maximum Gasteiger partial charge on any atom is 0.252 e. The van der Waals surface area contributed by atoms with Crippen molar-refractivity contribution < 1.29 is 13.5 Å². The molecule has 1 heterocycles. The number of aromatic nitrogens is 1. The number of hydrogen-bond donors (Lipinski definition) is 1. The highest BCUT2D eigenvalue weighted by molar-refractivity contribution is 5.28. The van der Waals surface area contributed by atoms with E-state index >= 15 is 0 Å². The number of pyridine rings is 1. The van der Waals surface area contributed by atoms with E-state index in [1.165, 1.54) is 13.3 Å². The molecule has 0 amide bonds. The molecule has 1 aromatic rings.